The maximum absolute atomic E-state index is 11.6. The molecule has 1 heterocycles. The summed E-state index contributed by atoms with van der Waals surface area (Å²) in [6.07, 6.45) is 1.49. The van der Waals surface area contributed by atoms with Crippen LogP contribution in [-0.4, -0.2) is 21.0 Å². The lowest BCUT2D eigenvalue weighted by molar-refractivity contribution is 0.588. The lowest BCUT2D eigenvalue weighted by Gasteiger charge is -2.06. The first-order valence-corrected chi connectivity index (χ1v) is 7.60. The van der Waals surface area contributed by atoms with Gasteiger partial charge in [0, 0.05) is 16.0 Å². The van der Waals surface area contributed by atoms with Gasteiger partial charge in [-0.25, -0.2) is 4.98 Å². The Morgan fingerprint density at radius 2 is 2.05 bits per heavy atom. The first kappa shape index (κ1) is 14.6. The average molecular weight is 315 g/mol. The van der Waals surface area contributed by atoms with Crippen LogP contribution in [0.15, 0.2) is 28.7 Å². The summed E-state index contributed by atoms with van der Waals surface area (Å²) in [6.45, 7) is 3.68. The molecule has 3 nitrogen and oxygen atoms in total. The van der Waals surface area contributed by atoms with Crippen molar-refractivity contribution in [1.82, 2.24) is 4.98 Å². The van der Waals surface area contributed by atoms with Crippen LogP contribution in [0.5, 0.6) is 0 Å². The number of rotatable bonds is 3. The van der Waals surface area contributed by atoms with E-state index in [0.717, 1.165) is 10.9 Å². The second-order valence-electron chi connectivity index (χ2n) is 4.26. The molecule has 0 saturated carbocycles. The molecule has 2 rings (SSSR count). The molecule has 2 aromatic rings. The zero-order valence-electron chi connectivity index (χ0n) is 10.4. The predicted octanol–water partition coefficient (Wildman–Crippen LogP) is 4.03. The Morgan fingerprint density at radius 3 is 2.74 bits per heavy atom. The quantitative estimate of drug-likeness (QED) is 0.488. The molecular weight excluding hydrogens is 303 g/mol. The minimum absolute atomic E-state index is 0.0297. The summed E-state index contributed by atoms with van der Waals surface area (Å²) < 4.78 is 15.5. The lowest BCUT2D eigenvalue weighted by Crippen LogP contribution is -2.10. The monoisotopic (exact) mass is 314 g/mol. The minimum atomic E-state index is -1.26. The van der Waals surface area contributed by atoms with Crippen LogP contribution in [0, 0.1) is 0 Å². The van der Waals surface area contributed by atoms with Gasteiger partial charge in [0.15, 0.2) is 0 Å². The third kappa shape index (κ3) is 3.60. The van der Waals surface area contributed by atoms with Crippen molar-refractivity contribution in [1.29, 1.82) is 0 Å². The molecule has 0 fully saturated rings. The highest BCUT2D eigenvalue weighted by Crippen LogP contribution is 2.22. The Bertz CT molecular complexity index is 631. The van der Waals surface area contributed by atoms with E-state index in [2.05, 4.69) is 9.38 Å². The summed E-state index contributed by atoms with van der Waals surface area (Å²) in [4.78, 5) is 4.26. The van der Waals surface area contributed by atoms with Gasteiger partial charge in [0.2, 0.25) is 0 Å². The Labute approximate surface area is 125 Å². The van der Waals surface area contributed by atoms with Gasteiger partial charge >= 0.3 is 0 Å². The van der Waals surface area contributed by atoms with E-state index in [1.165, 1.54) is 6.21 Å². The fourth-order valence-electron chi connectivity index (χ4n) is 1.46. The molecule has 0 saturated heterocycles. The molecule has 0 bridgehead atoms. The van der Waals surface area contributed by atoms with Crippen LogP contribution < -0.4 is 0 Å². The molecule has 1 aromatic carbocycles. The molecule has 0 amide bonds. The summed E-state index contributed by atoms with van der Waals surface area (Å²) in [6, 6.07) is 7.19. The van der Waals surface area contributed by atoms with Crippen LogP contribution in [-0.2, 0) is 11.4 Å². The van der Waals surface area contributed by atoms with Crippen molar-refractivity contribution in [2.24, 2.45) is 4.40 Å². The van der Waals surface area contributed by atoms with E-state index in [4.69, 9.17) is 23.2 Å². The average Bonchev–Trinajstić information content (AvgIpc) is 2.36. The number of aromatic nitrogens is 1. The predicted molar refractivity (Wildman–Crippen MR) is 82.6 cm³/mol. The number of nitrogens with zero attached hydrogens (tertiary/aromatic N) is 2. The Hall–Kier alpha value is -0.810. The Kier molecular flexibility index (Phi) is 4.68. The molecule has 0 aliphatic heterocycles. The van der Waals surface area contributed by atoms with Crippen LogP contribution in [0.1, 0.15) is 19.4 Å². The summed E-state index contributed by atoms with van der Waals surface area (Å²) in [5.41, 5.74) is 1.39. The highest BCUT2D eigenvalue weighted by Gasteiger charge is 2.10. The van der Waals surface area contributed by atoms with Gasteiger partial charge in [-0.15, -0.1) is 0 Å². The molecule has 1 atom stereocenters. The maximum Gasteiger partial charge on any atom is 0.138 e. The van der Waals surface area contributed by atoms with Crippen LogP contribution in [0.3, 0.4) is 0 Å². The van der Waals surface area contributed by atoms with E-state index >= 15 is 0 Å². The molecule has 19 heavy (non-hydrogen) atoms. The van der Waals surface area contributed by atoms with E-state index in [0.29, 0.717) is 15.7 Å². The fraction of sp³-hybridized carbons (Fsp3) is 0.231. The number of pyridine rings is 1. The van der Waals surface area contributed by atoms with Crippen molar-refractivity contribution in [2.75, 3.05) is 0 Å². The third-order valence-electron chi connectivity index (χ3n) is 2.46. The van der Waals surface area contributed by atoms with Crippen LogP contribution in [0.25, 0.3) is 10.9 Å². The topological polar surface area (TPSA) is 48.3 Å². The second-order valence-corrected chi connectivity index (χ2v) is 6.77. The summed E-state index contributed by atoms with van der Waals surface area (Å²) >= 11 is 10.7. The van der Waals surface area contributed by atoms with Crippen molar-refractivity contribution in [3.63, 3.8) is 0 Å². The molecule has 100 valence electrons. The Balaban J connectivity index is 2.40. The number of fused-ring (bicyclic) bond motifs is 1. The highest BCUT2D eigenvalue weighted by atomic mass is 35.5. The number of hydrogen-bond donors (Lipinski definition) is 0. The first-order chi connectivity index (χ1) is 8.97. The Morgan fingerprint density at radius 1 is 1.32 bits per heavy atom. The number of halogens is 2. The summed E-state index contributed by atoms with van der Waals surface area (Å²) in [7, 11) is 0. The zero-order valence-corrected chi connectivity index (χ0v) is 12.8. The number of hydrogen-bond acceptors (Lipinski definition) is 3. The molecule has 6 heteroatoms. The van der Waals surface area contributed by atoms with Gasteiger partial charge in [-0.1, -0.05) is 27.6 Å². The molecule has 1 aromatic heterocycles. The van der Waals surface area contributed by atoms with E-state index in [-0.39, 0.29) is 5.25 Å². The van der Waals surface area contributed by atoms with Crippen LogP contribution in [0.4, 0.5) is 0 Å². The molecule has 0 spiro atoms. The molecule has 0 N–H and O–H groups in total. The van der Waals surface area contributed by atoms with Crippen molar-refractivity contribution in [3.8, 4) is 0 Å². The van der Waals surface area contributed by atoms with Crippen molar-refractivity contribution in [2.45, 2.75) is 19.1 Å². The smallest absolute Gasteiger partial charge is 0.138 e. The summed E-state index contributed by atoms with van der Waals surface area (Å²) in [5, 5.41) is 1.80. The van der Waals surface area contributed by atoms with Gasteiger partial charge in [0.25, 0.3) is 0 Å². The highest BCUT2D eigenvalue weighted by molar-refractivity contribution is 7.90. The standard InChI is InChI=1S/C13H12Cl2N2OS/c1-8(2)19(18)16-7-10-5-9-6-11(14)3-4-12(9)17-13(10)15/h3-8H,1-2H3. The van der Waals surface area contributed by atoms with E-state index < -0.39 is 11.4 Å². The van der Waals surface area contributed by atoms with Gasteiger partial charge < -0.3 is 4.55 Å². The SMILES string of the molecule is CC(C)[S+]([O-])N=Cc1cc2cc(Cl)ccc2nc1Cl. The third-order valence-corrected chi connectivity index (χ3v) is 4.11. The van der Waals surface area contributed by atoms with Crippen LogP contribution >= 0.6 is 23.2 Å². The normalized spacial score (nSPS) is 13.6. The number of benzene rings is 1. The molecule has 0 aliphatic carbocycles. The second kappa shape index (κ2) is 6.09. The first-order valence-electron chi connectivity index (χ1n) is 5.68. The van der Waals surface area contributed by atoms with Gasteiger partial charge in [0.05, 0.1) is 23.1 Å². The van der Waals surface area contributed by atoms with Gasteiger partial charge in [-0.05, 0) is 38.1 Å². The summed E-state index contributed by atoms with van der Waals surface area (Å²) in [5.74, 6) is 0. The van der Waals surface area contributed by atoms with Crippen molar-refractivity contribution < 1.29 is 4.55 Å². The van der Waals surface area contributed by atoms with Gasteiger partial charge in [-0.2, -0.15) is 0 Å². The van der Waals surface area contributed by atoms with E-state index in [9.17, 15) is 4.55 Å². The molecule has 0 radical (unpaired) electrons. The zero-order chi connectivity index (χ0) is 14.0. The largest absolute Gasteiger partial charge is 0.591 e. The maximum atomic E-state index is 11.6. The van der Waals surface area contributed by atoms with Crippen LogP contribution in [0.2, 0.25) is 10.2 Å². The van der Waals surface area contributed by atoms with Gasteiger partial charge in [0.1, 0.15) is 10.4 Å². The van der Waals surface area contributed by atoms with E-state index in [1.807, 2.05) is 19.9 Å². The molecular formula is C13H12Cl2N2OS. The fourth-order valence-corrected chi connectivity index (χ4v) is 2.30. The lowest BCUT2D eigenvalue weighted by atomic mass is 10.2. The van der Waals surface area contributed by atoms with E-state index in [1.54, 1.807) is 18.2 Å². The van der Waals surface area contributed by atoms with Gasteiger partial charge in [-0.3, -0.25) is 0 Å². The van der Waals surface area contributed by atoms with Crippen molar-refractivity contribution >= 4 is 51.7 Å². The van der Waals surface area contributed by atoms with Crippen molar-refractivity contribution in [3.05, 3.63) is 40.0 Å². The molecule has 1 unspecified atom stereocenters. The minimum Gasteiger partial charge on any atom is -0.591 e. The molecule has 0 aliphatic rings.